The summed E-state index contributed by atoms with van der Waals surface area (Å²) < 4.78 is 11.3. The molecule has 0 saturated carbocycles. The predicted molar refractivity (Wildman–Crippen MR) is 101 cm³/mol. The van der Waals surface area contributed by atoms with Crippen LogP contribution in [-0.4, -0.2) is 27.0 Å². The molecule has 0 heterocycles. The van der Waals surface area contributed by atoms with Gasteiger partial charge in [0.05, 0.1) is 0 Å². The Morgan fingerprint density at radius 1 is 1.09 bits per heavy atom. The third-order valence-electron chi connectivity index (χ3n) is 4.73. The van der Waals surface area contributed by atoms with E-state index in [0.717, 1.165) is 25.9 Å². The first-order valence-electron chi connectivity index (χ1n) is 9.04. The van der Waals surface area contributed by atoms with Gasteiger partial charge in [-0.2, -0.15) is 0 Å². The highest BCUT2D eigenvalue weighted by atomic mass is 28.4. The fraction of sp³-hybridized carbons (Fsp3) is 0.842. The third kappa shape index (κ3) is 10.7. The van der Waals surface area contributed by atoms with Gasteiger partial charge in [0, 0.05) is 13.5 Å². The fourth-order valence-corrected chi connectivity index (χ4v) is 3.22. The molecular formula is C19H38O3Si. The molecule has 4 heteroatoms. The van der Waals surface area contributed by atoms with Crippen LogP contribution in [0.25, 0.3) is 0 Å². The van der Waals surface area contributed by atoms with Gasteiger partial charge < -0.3 is 9.16 Å². The van der Waals surface area contributed by atoms with Gasteiger partial charge in [-0.1, -0.05) is 59.1 Å². The van der Waals surface area contributed by atoms with Gasteiger partial charge in [-0.05, 0) is 37.4 Å². The molecule has 0 bridgehead atoms. The molecule has 0 radical (unpaired) electrons. The van der Waals surface area contributed by atoms with Crippen molar-refractivity contribution in [3.63, 3.8) is 0 Å². The smallest absolute Gasteiger partial charge is 0.303 e. The molecule has 0 rings (SSSR count). The van der Waals surface area contributed by atoms with E-state index in [1.807, 2.05) is 0 Å². The Kier molecular flexibility index (Phi) is 10.7. The molecule has 0 aromatic rings. The van der Waals surface area contributed by atoms with Gasteiger partial charge in [0.15, 0.2) is 8.32 Å². The van der Waals surface area contributed by atoms with Crippen molar-refractivity contribution in [2.24, 2.45) is 0 Å². The summed E-state index contributed by atoms with van der Waals surface area (Å²) in [6, 6.07) is 0. The maximum atomic E-state index is 10.9. The van der Waals surface area contributed by atoms with Crippen LogP contribution in [-0.2, 0) is 14.0 Å². The molecule has 0 aliphatic heterocycles. The lowest BCUT2D eigenvalue weighted by Gasteiger charge is -2.36. The minimum atomic E-state index is -1.57. The molecule has 136 valence electrons. The standard InChI is InChI=1S/C19H38O3Si/c1-8-18(22-17(2)20)15-13-11-9-10-12-14-16-21-23(6,7)19(3,4)5/h8,18H,1,9-16H2,2-7H3/t18-/m1/s1. The van der Waals surface area contributed by atoms with E-state index < -0.39 is 8.32 Å². The molecule has 0 aromatic heterocycles. The summed E-state index contributed by atoms with van der Waals surface area (Å²) >= 11 is 0. The average Bonchev–Trinajstić information content (AvgIpc) is 2.42. The van der Waals surface area contributed by atoms with Crippen molar-refractivity contribution in [2.75, 3.05) is 6.61 Å². The molecular weight excluding hydrogens is 304 g/mol. The van der Waals surface area contributed by atoms with Crippen LogP contribution in [0.2, 0.25) is 18.1 Å². The molecule has 0 aliphatic rings. The largest absolute Gasteiger partial charge is 0.458 e. The van der Waals surface area contributed by atoms with E-state index in [4.69, 9.17) is 9.16 Å². The lowest BCUT2D eigenvalue weighted by atomic mass is 10.1. The Labute approximate surface area is 145 Å². The number of carbonyl (C=O) groups excluding carboxylic acids is 1. The lowest BCUT2D eigenvalue weighted by Crippen LogP contribution is -2.40. The Balaban J connectivity index is 3.57. The molecule has 0 fully saturated rings. The Hall–Kier alpha value is -0.613. The quantitative estimate of drug-likeness (QED) is 0.193. The van der Waals surface area contributed by atoms with Crippen molar-refractivity contribution in [3.05, 3.63) is 12.7 Å². The third-order valence-corrected chi connectivity index (χ3v) is 9.27. The number of unbranched alkanes of at least 4 members (excludes halogenated alkanes) is 5. The molecule has 0 amide bonds. The van der Waals surface area contributed by atoms with E-state index >= 15 is 0 Å². The summed E-state index contributed by atoms with van der Waals surface area (Å²) in [5.74, 6) is -0.225. The van der Waals surface area contributed by atoms with Crippen molar-refractivity contribution in [1.29, 1.82) is 0 Å². The van der Waals surface area contributed by atoms with Gasteiger partial charge in [0.25, 0.3) is 0 Å². The molecule has 23 heavy (non-hydrogen) atoms. The number of hydrogen-bond acceptors (Lipinski definition) is 3. The average molecular weight is 343 g/mol. The summed E-state index contributed by atoms with van der Waals surface area (Å²) in [5, 5.41) is 0.302. The van der Waals surface area contributed by atoms with Gasteiger partial charge in [0.1, 0.15) is 6.10 Å². The Morgan fingerprint density at radius 3 is 2.09 bits per heavy atom. The van der Waals surface area contributed by atoms with E-state index in [0.29, 0.717) is 5.04 Å². The zero-order chi connectivity index (χ0) is 17.9. The highest BCUT2D eigenvalue weighted by molar-refractivity contribution is 6.74. The molecule has 0 aromatic carbocycles. The van der Waals surface area contributed by atoms with Crippen molar-refractivity contribution in [3.8, 4) is 0 Å². The SMILES string of the molecule is C=C[C@H](CCCCCCCCO[Si](C)(C)C(C)(C)C)OC(C)=O. The van der Waals surface area contributed by atoms with Crippen LogP contribution < -0.4 is 0 Å². The van der Waals surface area contributed by atoms with Gasteiger partial charge >= 0.3 is 5.97 Å². The van der Waals surface area contributed by atoms with Gasteiger partial charge in [0.2, 0.25) is 0 Å². The molecule has 0 saturated heterocycles. The summed E-state index contributed by atoms with van der Waals surface area (Å²) in [5.41, 5.74) is 0. The first-order valence-corrected chi connectivity index (χ1v) is 11.9. The molecule has 0 spiro atoms. The van der Waals surface area contributed by atoms with E-state index in [2.05, 4.69) is 40.4 Å². The summed E-state index contributed by atoms with van der Waals surface area (Å²) in [6.07, 6.45) is 9.66. The van der Waals surface area contributed by atoms with Crippen molar-refractivity contribution in [2.45, 2.75) is 96.9 Å². The first-order chi connectivity index (χ1) is 10.6. The predicted octanol–water partition coefficient (Wildman–Crippen LogP) is 5.86. The number of carbonyl (C=O) groups is 1. The van der Waals surface area contributed by atoms with Crippen LogP contribution in [0.5, 0.6) is 0 Å². The maximum absolute atomic E-state index is 10.9. The molecule has 0 aliphatic carbocycles. The number of ether oxygens (including phenoxy) is 1. The summed E-state index contributed by atoms with van der Waals surface area (Å²) in [7, 11) is -1.57. The van der Waals surface area contributed by atoms with Crippen LogP contribution >= 0.6 is 0 Å². The Bertz CT molecular complexity index is 345. The zero-order valence-electron chi connectivity index (χ0n) is 16.2. The van der Waals surface area contributed by atoms with E-state index in [1.54, 1.807) is 6.08 Å². The van der Waals surface area contributed by atoms with Crippen LogP contribution in [0.1, 0.15) is 72.6 Å². The second-order valence-electron chi connectivity index (χ2n) is 7.90. The van der Waals surface area contributed by atoms with E-state index in [9.17, 15) is 4.79 Å². The topological polar surface area (TPSA) is 35.5 Å². The molecule has 0 N–H and O–H groups in total. The van der Waals surface area contributed by atoms with Crippen LogP contribution in [0.15, 0.2) is 12.7 Å². The highest BCUT2D eigenvalue weighted by Gasteiger charge is 2.36. The highest BCUT2D eigenvalue weighted by Crippen LogP contribution is 2.36. The maximum Gasteiger partial charge on any atom is 0.303 e. The lowest BCUT2D eigenvalue weighted by molar-refractivity contribution is -0.144. The minimum Gasteiger partial charge on any atom is -0.458 e. The molecule has 1 atom stereocenters. The number of esters is 1. The minimum absolute atomic E-state index is 0.120. The van der Waals surface area contributed by atoms with Gasteiger partial charge in [-0.15, -0.1) is 0 Å². The van der Waals surface area contributed by atoms with E-state index in [1.165, 1.54) is 32.6 Å². The van der Waals surface area contributed by atoms with Crippen molar-refractivity contribution in [1.82, 2.24) is 0 Å². The second kappa shape index (κ2) is 11.0. The number of hydrogen-bond donors (Lipinski definition) is 0. The molecule has 3 nitrogen and oxygen atoms in total. The summed E-state index contributed by atoms with van der Waals surface area (Å²) in [6.45, 7) is 17.5. The van der Waals surface area contributed by atoms with Crippen molar-refractivity contribution < 1.29 is 14.0 Å². The monoisotopic (exact) mass is 342 g/mol. The number of rotatable bonds is 12. The van der Waals surface area contributed by atoms with Gasteiger partial charge in [-0.3, -0.25) is 4.79 Å². The van der Waals surface area contributed by atoms with Crippen molar-refractivity contribution >= 4 is 14.3 Å². The normalized spacial score (nSPS) is 13.7. The fourth-order valence-electron chi connectivity index (χ4n) is 2.14. The summed E-state index contributed by atoms with van der Waals surface area (Å²) in [4.78, 5) is 10.9. The first kappa shape index (κ1) is 22.4. The zero-order valence-corrected chi connectivity index (χ0v) is 17.2. The second-order valence-corrected chi connectivity index (χ2v) is 12.7. The van der Waals surface area contributed by atoms with Crippen LogP contribution in [0.3, 0.4) is 0 Å². The Morgan fingerprint density at radius 2 is 1.61 bits per heavy atom. The van der Waals surface area contributed by atoms with Crippen LogP contribution in [0.4, 0.5) is 0 Å². The van der Waals surface area contributed by atoms with E-state index in [-0.39, 0.29) is 12.1 Å². The van der Waals surface area contributed by atoms with Crippen LogP contribution in [0, 0.1) is 0 Å². The van der Waals surface area contributed by atoms with Gasteiger partial charge in [-0.25, -0.2) is 0 Å². The molecule has 0 unspecified atom stereocenters.